The van der Waals surface area contributed by atoms with Crippen molar-refractivity contribution >= 4 is 22.4 Å². The van der Waals surface area contributed by atoms with Gasteiger partial charge in [-0.1, -0.05) is 49.7 Å². The van der Waals surface area contributed by atoms with Crippen LogP contribution < -0.4 is 4.74 Å². The molecule has 144 valence electrons. The molecule has 3 rings (SSSR count). The summed E-state index contributed by atoms with van der Waals surface area (Å²) in [6.07, 6.45) is 0. The number of halogens is 1. The van der Waals surface area contributed by atoms with Gasteiger partial charge in [-0.15, -0.1) is 5.10 Å². The molecule has 1 atom stereocenters. The van der Waals surface area contributed by atoms with E-state index in [1.54, 1.807) is 30.3 Å². The van der Waals surface area contributed by atoms with Crippen LogP contribution in [0.4, 0.5) is 0 Å². The molecule has 0 spiro atoms. The molecular formula is C20H19ClN4O2S. The van der Waals surface area contributed by atoms with Crippen LogP contribution in [-0.4, -0.2) is 26.3 Å². The van der Waals surface area contributed by atoms with Crippen molar-refractivity contribution in [2.75, 3.05) is 7.11 Å². The number of ether oxygens (including phenoxy) is 1. The van der Waals surface area contributed by atoms with Gasteiger partial charge in [0.15, 0.2) is 10.7 Å². The molecule has 0 saturated heterocycles. The van der Waals surface area contributed by atoms with Gasteiger partial charge in [0.25, 0.3) is 0 Å². The summed E-state index contributed by atoms with van der Waals surface area (Å²) in [6.45, 7) is 6.32. The average Bonchev–Trinajstić information content (AvgIpc) is 3.10. The molecule has 1 aromatic heterocycles. The van der Waals surface area contributed by atoms with Crippen LogP contribution in [0.15, 0.2) is 52.4 Å². The maximum Gasteiger partial charge on any atom is 0.192 e. The minimum Gasteiger partial charge on any atom is -0.494 e. The number of benzene rings is 2. The van der Waals surface area contributed by atoms with Gasteiger partial charge in [-0.25, -0.2) is 4.21 Å². The number of nitrogens with zero attached hydrogens (tertiary/aromatic N) is 4. The lowest BCUT2D eigenvalue weighted by molar-refractivity contribution is 0.411. The van der Waals surface area contributed by atoms with E-state index >= 15 is 0 Å². The highest BCUT2D eigenvalue weighted by Gasteiger charge is 2.23. The third-order valence-corrected chi connectivity index (χ3v) is 5.79. The molecular weight excluding hydrogens is 396 g/mol. The Morgan fingerprint density at radius 2 is 1.86 bits per heavy atom. The first-order valence-corrected chi connectivity index (χ1v) is 10.0. The number of nitriles is 1. The first-order valence-electron chi connectivity index (χ1n) is 8.48. The van der Waals surface area contributed by atoms with E-state index in [2.05, 4.69) is 31.1 Å². The molecule has 3 aromatic rings. The fraction of sp³-hybridized carbons (Fsp3) is 0.250. The summed E-state index contributed by atoms with van der Waals surface area (Å²) in [5.41, 5.74) is 1.63. The van der Waals surface area contributed by atoms with Gasteiger partial charge < -0.3 is 4.74 Å². The zero-order valence-electron chi connectivity index (χ0n) is 15.9. The molecule has 0 aliphatic carbocycles. The zero-order valence-corrected chi connectivity index (χ0v) is 17.5. The van der Waals surface area contributed by atoms with Crippen LogP contribution >= 0.6 is 11.6 Å². The highest BCUT2D eigenvalue weighted by atomic mass is 35.5. The number of methoxy groups -OCH3 is 1. The molecule has 6 nitrogen and oxygen atoms in total. The lowest BCUT2D eigenvalue weighted by atomic mass is 9.87. The Morgan fingerprint density at radius 3 is 2.43 bits per heavy atom. The largest absolute Gasteiger partial charge is 0.494 e. The quantitative estimate of drug-likeness (QED) is 0.636. The van der Waals surface area contributed by atoms with Gasteiger partial charge >= 0.3 is 0 Å². The zero-order chi connectivity index (χ0) is 20.5. The average molecular weight is 415 g/mol. The summed E-state index contributed by atoms with van der Waals surface area (Å²) < 4.78 is 19.7. The molecule has 0 aliphatic rings. The monoisotopic (exact) mass is 414 g/mol. The molecule has 0 radical (unpaired) electrons. The molecule has 0 amide bonds. The van der Waals surface area contributed by atoms with Crippen LogP contribution in [-0.2, 0) is 16.2 Å². The van der Waals surface area contributed by atoms with Crippen molar-refractivity contribution in [1.82, 2.24) is 15.0 Å². The van der Waals surface area contributed by atoms with Gasteiger partial charge in [0.05, 0.1) is 7.11 Å². The lowest BCUT2D eigenvalue weighted by Gasteiger charge is -2.18. The predicted molar refractivity (Wildman–Crippen MR) is 107 cm³/mol. The van der Waals surface area contributed by atoms with Crippen molar-refractivity contribution < 1.29 is 8.95 Å². The van der Waals surface area contributed by atoms with Crippen LogP contribution in [0.3, 0.4) is 0 Å². The van der Waals surface area contributed by atoms with Crippen molar-refractivity contribution in [3.63, 3.8) is 0 Å². The van der Waals surface area contributed by atoms with Crippen LogP contribution in [0, 0.1) is 11.3 Å². The lowest BCUT2D eigenvalue weighted by Crippen LogP contribution is -2.10. The normalized spacial score (nSPS) is 12.4. The molecule has 0 aliphatic heterocycles. The van der Waals surface area contributed by atoms with E-state index in [0.29, 0.717) is 21.4 Å². The fourth-order valence-electron chi connectivity index (χ4n) is 2.68. The summed E-state index contributed by atoms with van der Waals surface area (Å²) in [5, 5.41) is 18.2. The molecule has 1 heterocycles. The Labute approximate surface area is 171 Å². The summed E-state index contributed by atoms with van der Waals surface area (Å²) in [7, 11) is -0.145. The van der Waals surface area contributed by atoms with Gasteiger partial charge in [-0.2, -0.15) is 9.94 Å². The predicted octanol–water partition coefficient (Wildman–Crippen LogP) is 4.27. The summed E-state index contributed by atoms with van der Waals surface area (Å²) in [4.78, 5) is 0.551. The van der Waals surface area contributed by atoms with E-state index in [1.807, 2.05) is 18.2 Å². The van der Waals surface area contributed by atoms with E-state index in [4.69, 9.17) is 16.3 Å². The number of aromatic nitrogens is 3. The number of hydrogen-bond acceptors (Lipinski definition) is 5. The highest BCUT2D eigenvalue weighted by molar-refractivity contribution is 7.85. The molecule has 0 fully saturated rings. The molecule has 1 unspecified atom stereocenters. The third kappa shape index (κ3) is 3.79. The Morgan fingerprint density at radius 1 is 1.18 bits per heavy atom. The van der Waals surface area contributed by atoms with Gasteiger partial charge in [0.2, 0.25) is 0 Å². The van der Waals surface area contributed by atoms with Crippen LogP contribution in [0.1, 0.15) is 32.0 Å². The van der Waals surface area contributed by atoms with Crippen molar-refractivity contribution in [2.24, 2.45) is 0 Å². The summed E-state index contributed by atoms with van der Waals surface area (Å²) in [5.74, 6) is 0.470. The summed E-state index contributed by atoms with van der Waals surface area (Å²) >= 11 is 6.08. The van der Waals surface area contributed by atoms with Gasteiger partial charge in [-0.3, -0.25) is 0 Å². The van der Waals surface area contributed by atoms with Crippen LogP contribution in [0.25, 0.3) is 5.69 Å². The maximum atomic E-state index is 13.0. The second kappa shape index (κ2) is 7.74. The molecule has 28 heavy (non-hydrogen) atoms. The Balaban J connectivity index is 2.05. The highest BCUT2D eigenvalue weighted by Crippen LogP contribution is 2.29. The first-order chi connectivity index (χ1) is 13.3. The van der Waals surface area contributed by atoms with Crippen molar-refractivity contribution in [2.45, 2.75) is 36.1 Å². The third-order valence-electron chi connectivity index (χ3n) is 4.22. The second-order valence-electron chi connectivity index (χ2n) is 7.13. The van der Waals surface area contributed by atoms with E-state index in [0.717, 1.165) is 5.56 Å². The van der Waals surface area contributed by atoms with Gasteiger partial charge in [-0.05, 0) is 41.3 Å². The van der Waals surface area contributed by atoms with Crippen molar-refractivity contribution in [3.05, 3.63) is 58.7 Å². The first kappa shape index (κ1) is 20.1. The smallest absolute Gasteiger partial charge is 0.192 e. The maximum absolute atomic E-state index is 13.0. The van der Waals surface area contributed by atoms with E-state index < -0.39 is 10.8 Å². The van der Waals surface area contributed by atoms with Crippen molar-refractivity contribution in [3.8, 4) is 17.5 Å². The molecule has 2 aromatic carbocycles. The number of rotatable bonds is 4. The Hall–Kier alpha value is -2.69. The second-order valence-corrected chi connectivity index (χ2v) is 8.96. The standard InChI is InChI=1S/C20H19ClN4O2S/c1-20(2,3)13-5-8-15(9-6-13)28(26)19-17(12-22)25(24-23-19)16-11-14(21)7-10-18(16)27-4/h5-11H,1-4H3. The molecule has 0 saturated carbocycles. The van der Waals surface area contributed by atoms with E-state index in [-0.39, 0.29) is 16.1 Å². The topological polar surface area (TPSA) is 80.8 Å². The number of hydrogen-bond donors (Lipinski definition) is 0. The van der Waals surface area contributed by atoms with E-state index in [1.165, 1.54) is 11.8 Å². The van der Waals surface area contributed by atoms with Gasteiger partial charge in [0.1, 0.15) is 28.3 Å². The molecule has 8 heteroatoms. The van der Waals surface area contributed by atoms with Crippen molar-refractivity contribution in [1.29, 1.82) is 5.26 Å². The SMILES string of the molecule is COc1ccc(Cl)cc1-n1nnc(S(=O)c2ccc(C(C)(C)C)cc2)c1C#N. The van der Waals surface area contributed by atoms with Gasteiger partial charge in [0, 0.05) is 9.92 Å². The molecule has 0 N–H and O–H groups in total. The van der Waals surface area contributed by atoms with Crippen LogP contribution in [0.2, 0.25) is 5.02 Å². The van der Waals surface area contributed by atoms with E-state index in [9.17, 15) is 9.47 Å². The molecule has 0 bridgehead atoms. The Bertz CT molecular complexity index is 1080. The fourth-order valence-corrected chi connectivity index (χ4v) is 3.87. The Kier molecular flexibility index (Phi) is 5.54. The minimum atomic E-state index is -1.65. The summed E-state index contributed by atoms with van der Waals surface area (Å²) in [6, 6.07) is 14.4. The minimum absolute atomic E-state index is 0.00982. The van der Waals surface area contributed by atoms with Crippen LogP contribution in [0.5, 0.6) is 5.75 Å².